The number of nitriles is 1. The van der Waals surface area contributed by atoms with Crippen molar-refractivity contribution in [3.05, 3.63) is 29.8 Å². The van der Waals surface area contributed by atoms with Crippen molar-refractivity contribution < 1.29 is 14.3 Å². The standard InChI is InChI=1S/C14H14N2O3/c15-10-11-2-4-12(5-3-11)19-9-1-8-16-13(17)6-7-14(16)18/h2-5H,1,6-9H2. The van der Waals surface area contributed by atoms with Crippen LogP contribution in [0.1, 0.15) is 24.8 Å². The number of benzene rings is 1. The fourth-order valence-corrected chi connectivity index (χ4v) is 1.91. The number of carbonyl (C=O) groups excluding carboxylic acids is 2. The molecule has 0 unspecified atom stereocenters. The number of carbonyl (C=O) groups is 2. The molecule has 1 aliphatic rings. The summed E-state index contributed by atoms with van der Waals surface area (Å²) in [5.41, 5.74) is 0.584. The number of likely N-dealkylation sites (tertiary alicyclic amines) is 1. The lowest BCUT2D eigenvalue weighted by atomic mass is 10.2. The molecule has 1 aromatic carbocycles. The van der Waals surface area contributed by atoms with E-state index in [1.54, 1.807) is 24.3 Å². The van der Waals surface area contributed by atoms with Crippen molar-refractivity contribution in [2.45, 2.75) is 19.3 Å². The Labute approximate surface area is 111 Å². The Kier molecular flexibility index (Phi) is 4.14. The molecule has 0 saturated carbocycles. The predicted octanol–water partition coefficient (Wildman–Crippen LogP) is 1.48. The van der Waals surface area contributed by atoms with Gasteiger partial charge in [-0.1, -0.05) is 0 Å². The SMILES string of the molecule is N#Cc1ccc(OCCCN2C(=O)CCC2=O)cc1. The molecule has 0 spiro atoms. The quantitative estimate of drug-likeness (QED) is 0.592. The number of amides is 2. The highest BCUT2D eigenvalue weighted by molar-refractivity contribution is 6.01. The second kappa shape index (κ2) is 6.01. The van der Waals surface area contributed by atoms with Gasteiger partial charge in [0.15, 0.2) is 0 Å². The molecular formula is C14H14N2O3. The van der Waals surface area contributed by atoms with E-state index < -0.39 is 0 Å². The van der Waals surface area contributed by atoms with Crippen molar-refractivity contribution in [3.8, 4) is 11.8 Å². The summed E-state index contributed by atoms with van der Waals surface area (Å²) in [6.45, 7) is 0.844. The summed E-state index contributed by atoms with van der Waals surface area (Å²) in [4.78, 5) is 24.0. The van der Waals surface area contributed by atoms with E-state index in [0.717, 1.165) is 0 Å². The van der Waals surface area contributed by atoms with Gasteiger partial charge in [0.2, 0.25) is 11.8 Å². The third-order valence-corrected chi connectivity index (χ3v) is 2.93. The van der Waals surface area contributed by atoms with Crippen molar-refractivity contribution in [1.82, 2.24) is 4.90 Å². The number of imide groups is 1. The maximum absolute atomic E-state index is 11.4. The zero-order chi connectivity index (χ0) is 13.7. The summed E-state index contributed by atoms with van der Waals surface area (Å²) in [6, 6.07) is 8.85. The van der Waals surface area contributed by atoms with Crippen LogP contribution in [0.25, 0.3) is 0 Å². The van der Waals surface area contributed by atoms with E-state index in [-0.39, 0.29) is 11.8 Å². The zero-order valence-corrected chi connectivity index (χ0v) is 10.5. The molecule has 1 aromatic rings. The number of hydrogen-bond acceptors (Lipinski definition) is 4. The molecule has 5 nitrogen and oxygen atoms in total. The molecule has 1 saturated heterocycles. The second-order valence-electron chi connectivity index (χ2n) is 4.28. The Morgan fingerprint density at radius 3 is 2.37 bits per heavy atom. The van der Waals surface area contributed by atoms with Gasteiger partial charge in [0.1, 0.15) is 5.75 Å². The smallest absolute Gasteiger partial charge is 0.229 e. The van der Waals surface area contributed by atoms with Crippen LogP contribution in [0.4, 0.5) is 0 Å². The topological polar surface area (TPSA) is 70.4 Å². The van der Waals surface area contributed by atoms with Crippen LogP contribution >= 0.6 is 0 Å². The molecule has 0 aliphatic carbocycles. The molecule has 0 aromatic heterocycles. The first-order valence-electron chi connectivity index (χ1n) is 6.17. The lowest BCUT2D eigenvalue weighted by Gasteiger charge is -2.13. The van der Waals surface area contributed by atoms with Gasteiger partial charge in [-0.25, -0.2) is 0 Å². The molecule has 1 heterocycles. The minimum absolute atomic E-state index is 0.0941. The Bertz CT molecular complexity index is 500. The van der Waals surface area contributed by atoms with Gasteiger partial charge in [-0.3, -0.25) is 14.5 Å². The molecule has 2 amide bonds. The molecule has 19 heavy (non-hydrogen) atoms. The molecule has 98 valence electrons. The molecular weight excluding hydrogens is 244 g/mol. The van der Waals surface area contributed by atoms with Crippen molar-refractivity contribution >= 4 is 11.8 Å². The number of nitrogens with zero attached hydrogens (tertiary/aromatic N) is 2. The largest absolute Gasteiger partial charge is 0.494 e. The Morgan fingerprint density at radius 2 is 1.79 bits per heavy atom. The van der Waals surface area contributed by atoms with Crippen molar-refractivity contribution in [3.63, 3.8) is 0 Å². The molecule has 2 rings (SSSR count). The minimum atomic E-state index is -0.0941. The maximum atomic E-state index is 11.4. The fourth-order valence-electron chi connectivity index (χ4n) is 1.91. The number of ether oxygens (including phenoxy) is 1. The van der Waals surface area contributed by atoms with E-state index in [2.05, 4.69) is 0 Å². The lowest BCUT2D eigenvalue weighted by molar-refractivity contribution is -0.138. The number of hydrogen-bond donors (Lipinski definition) is 0. The first-order chi connectivity index (χ1) is 9.20. The maximum Gasteiger partial charge on any atom is 0.229 e. The van der Waals surface area contributed by atoms with Crippen LogP contribution in [0.15, 0.2) is 24.3 Å². The highest BCUT2D eigenvalue weighted by atomic mass is 16.5. The molecule has 0 atom stereocenters. The third kappa shape index (κ3) is 3.32. The average Bonchev–Trinajstić information content (AvgIpc) is 2.75. The van der Waals surface area contributed by atoms with E-state index in [9.17, 15) is 9.59 Å². The van der Waals surface area contributed by atoms with Crippen LogP contribution in [-0.4, -0.2) is 29.9 Å². The molecule has 1 fully saturated rings. The van der Waals surface area contributed by atoms with E-state index in [0.29, 0.717) is 43.7 Å². The molecule has 5 heteroatoms. The Balaban J connectivity index is 1.73. The predicted molar refractivity (Wildman–Crippen MR) is 67.2 cm³/mol. The highest BCUT2D eigenvalue weighted by Crippen LogP contribution is 2.14. The average molecular weight is 258 g/mol. The minimum Gasteiger partial charge on any atom is -0.494 e. The summed E-state index contributed by atoms with van der Waals surface area (Å²) < 4.78 is 5.48. The normalized spacial score (nSPS) is 14.6. The van der Waals surface area contributed by atoms with Gasteiger partial charge in [0, 0.05) is 19.4 Å². The first kappa shape index (κ1) is 13.1. The molecule has 0 bridgehead atoms. The summed E-state index contributed by atoms with van der Waals surface area (Å²) in [5.74, 6) is 0.491. The van der Waals surface area contributed by atoms with E-state index in [1.807, 2.05) is 6.07 Å². The van der Waals surface area contributed by atoms with Gasteiger partial charge >= 0.3 is 0 Å². The van der Waals surface area contributed by atoms with Gasteiger partial charge in [-0.05, 0) is 30.7 Å². The highest BCUT2D eigenvalue weighted by Gasteiger charge is 2.27. The zero-order valence-electron chi connectivity index (χ0n) is 10.5. The van der Waals surface area contributed by atoms with Crippen molar-refractivity contribution in [1.29, 1.82) is 5.26 Å². The van der Waals surface area contributed by atoms with Crippen LogP contribution in [0.2, 0.25) is 0 Å². The summed E-state index contributed by atoms with van der Waals surface area (Å²) in [6.07, 6.45) is 1.27. The van der Waals surface area contributed by atoms with Gasteiger partial charge in [-0.2, -0.15) is 5.26 Å². The van der Waals surface area contributed by atoms with E-state index in [4.69, 9.17) is 10.00 Å². The van der Waals surface area contributed by atoms with Crippen molar-refractivity contribution in [2.24, 2.45) is 0 Å². The molecule has 1 aliphatic heterocycles. The van der Waals surface area contributed by atoms with Crippen LogP contribution in [0, 0.1) is 11.3 Å². The van der Waals surface area contributed by atoms with Crippen LogP contribution in [0.3, 0.4) is 0 Å². The van der Waals surface area contributed by atoms with Crippen LogP contribution in [0.5, 0.6) is 5.75 Å². The van der Waals surface area contributed by atoms with E-state index >= 15 is 0 Å². The summed E-state index contributed by atoms with van der Waals surface area (Å²) in [7, 11) is 0. The fraction of sp³-hybridized carbons (Fsp3) is 0.357. The Morgan fingerprint density at radius 1 is 1.16 bits per heavy atom. The van der Waals surface area contributed by atoms with Gasteiger partial charge < -0.3 is 4.74 Å². The van der Waals surface area contributed by atoms with Crippen molar-refractivity contribution in [2.75, 3.05) is 13.2 Å². The van der Waals surface area contributed by atoms with Crippen LogP contribution < -0.4 is 4.74 Å². The van der Waals surface area contributed by atoms with Crippen LogP contribution in [-0.2, 0) is 9.59 Å². The van der Waals surface area contributed by atoms with Gasteiger partial charge in [0.05, 0.1) is 18.2 Å². The molecule has 0 radical (unpaired) electrons. The first-order valence-corrected chi connectivity index (χ1v) is 6.17. The third-order valence-electron chi connectivity index (χ3n) is 2.93. The van der Waals surface area contributed by atoms with E-state index in [1.165, 1.54) is 4.90 Å². The molecule has 0 N–H and O–H groups in total. The number of rotatable bonds is 5. The second-order valence-corrected chi connectivity index (χ2v) is 4.28. The summed E-state index contributed by atoms with van der Waals surface area (Å²) >= 11 is 0. The van der Waals surface area contributed by atoms with Gasteiger partial charge in [0.25, 0.3) is 0 Å². The Hall–Kier alpha value is -2.35. The lowest BCUT2D eigenvalue weighted by Crippen LogP contribution is -2.30. The monoisotopic (exact) mass is 258 g/mol. The summed E-state index contributed by atoms with van der Waals surface area (Å²) in [5, 5.41) is 8.65. The van der Waals surface area contributed by atoms with Gasteiger partial charge in [-0.15, -0.1) is 0 Å².